The highest BCUT2D eigenvalue weighted by atomic mass is 16.1. The van der Waals surface area contributed by atoms with Gasteiger partial charge in [-0.15, -0.1) is 0 Å². The zero-order chi connectivity index (χ0) is 16.2. The van der Waals surface area contributed by atoms with E-state index in [0.717, 1.165) is 30.5 Å². The average Bonchev–Trinajstić information content (AvgIpc) is 3.02. The highest BCUT2D eigenvalue weighted by Gasteiger charge is 2.14. The van der Waals surface area contributed by atoms with Gasteiger partial charge < -0.3 is 5.32 Å². The minimum Gasteiger partial charge on any atom is -0.350 e. The summed E-state index contributed by atoms with van der Waals surface area (Å²) in [4.78, 5) is 24.0. The molecule has 1 aromatic heterocycles. The van der Waals surface area contributed by atoms with E-state index in [1.54, 1.807) is 24.3 Å². The van der Waals surface area contributed by atoms with E-state index in [2.05, 4.69) is 10.4 Å². The van der Waals surface area contributed by atoms with Crippen molar-refractivity contribution < 1.29 is 4.79 Å². The van der Waals surface area contributed by atoms with Crippen molar-refractivity contribution >= 4 is 5.91 Å². The molecule has 0 aliphatic heterocycles. The second-order valence-corrected chi connectivity index (χ2v) is 5.48. The Labute approximate surface area is 133 Å². The van der Waals surface area contributed by atoms with Crippen LogP contribution in [0.25, 0.3) is 0 Å². The van der Waals surface area contributed by atoms with E-state index in [0.29, 0.717) is 24.2 Å². The van der Waals surface area contributed by atoms with Gasteiger partial charge in [-0.25, -0.2) is 4.68 Å². The van der Waals surface area contributed by atoms with E-state index in [1.165, 1.54) is 10.7 Å². The zero-order valence-corrected chi connectivity index (χ0v) is 12.6. The van der Waals surface area contributed by atoms with Crippen LogP contribution < -0.4 is 10.9 Å². The van der Waals surface area contributed by atoms with Crippen molar-refractivity contribution in [3.8, 4) is 6.07 Å². The maximum Gasteiger partial charge on any atom is 0.267 e. The third-order valence-corrected chi connectivity index (χ3v) is 3.89. The van der Waals surface area contributed by atoms with Crippen LogP contribution in [0, 0.1) is 11.3 Å². The summed E-state index contributed by atoms with van der Waals surface area (Å²) in [6, 6.07) is 10.1. The number of carbonyl (C=O) groups is 1. The lowest BCUT2D eigenvalue weighted by Gasteiger charge is -2.08. The number of hydrogen-bond acceptors (Lipinski definition) is 4. The Morgan fingerprint density at radius 3 is 3.04 bits per heavy atom. The highest BCUT2D eigenvalue weighted by molar-refractivity contribution is 5.94. The van der Waals surface area contributed by atoms with Crippen LogP contribution in [0.15, 0.2) is 35.1 Å². The summed E-state index contributed by atoms with van der Waals surface area (Å²) in [7, 11) is 0. The predicted molar refractivity (Wildman–Crippen MR) is 84.0 cm³/mol. The molecule has 0 atom stereocenters. The van der Waals surface area contributed by atoms with Crippen molar-refractivity contribution in [3.05, 3.63) is 63.1 Å². The molecule has 23 heavy (non-hydrogen) atoms. The summed E-state index contributed by atoms with van der Waals surface area (Å²) >= 11 is 0. The third-order valence-electron chi connectivity index (χ3n) is 3.89. The molecule has 1 amide bonds. The lowest BCUT2D eigenvalue weighted by molar-refractivity contribution is 0.0951. The van der Waals surface area contributed by atoms with Gasteiger partial charge in [0.25, 0.3) is 11.5 Å². The number of fused-ring (bicyclic) bond motifs is 1. The average molecular weight is 308 g/mol. The van der Waals surface area contributed by atoms with Crippen LogP contribution in [0.1, 0.15) is 33.6 Å². The van der Waals surface area contributed by atoms with Crippen molar-refractivity contribution in [1.29, 1.82) is 5.26 Å². The maximum atomic E-state index is 12.0. The van der Waals surface area contributed by atoms with E-state index < -0.39 is 0 Å². The van der Waals surface area contributed by atoms with E-state index in [-0.39, 0.29) is 11.5 Å². The Hall–Kier alpha value is -2.94. The molecule has 0 unspecified atom stereocenters. The number of aromatic nitrogens is 2. The SMILES string of the molecule is N#Cc1cccc(C(=O)NCCn2nc3c(cc2=O)CCC3)c1. The van der Waals surface area contributed by atoms with Crippen molar-refractivity contribution in [2.24, 2.45) is 0 Å². The van der Waals surface area contributed by atoms with Gasteiger partial charge in [-0.05, 0) is 43.0 Å². The first-order valence-electron chi connectivity index (χ1n) is 7.55. The summed E-state index contributed by atoms with van der Waals surface area (Å²) in [6.45, 7) is 0.636. The second kappa shape index (κ2) is 6.44. The number of aryl methyl sites for hydroxylation is 2. The molecular formula is C17H16N4O2. The Kier molecular flexibility index (Phi) is 4.20. The van der Waals surface area contributed by atoms with Crippen molar-refractivity contribution in [2.75, 3.05) is 6.54 Å². The fourth-order valence-corrected chi connectivity index (χ4v) is 2.71. The van der Waals surface area contributed by atoms with E-state index in [9.17, 15) is 9.59 Å². The Morgan fingerprint density at radius 2 is 2.22 bits per heavy atom. The first-order chi connectivity index (χ1) is 11.2. The van der Waals surface area contributed by atoms with Gasteiger partial charge in [0.05, 0.1) is 23.9 Å². The molecule has 0 bridgehead atoms. The molecule has 1 aliphatic rings. The molecule has 6 nitrogen and oxygen atoms in total. The molecule has 1 heterocycles. The molecule has 0 spiro atoms. The number of rotatable bonds is 4. The van der Waals surface area contributed by atoms with Gasteiger partial charge in [0.15, 0.2) is 0 Å². The molecular weight excluding hydrogens is 292 g/mol. The van der Waals surface area contributed by atoms with Crippen molar-refractivity contribution in [3.63, 3.8) is 0 Å². The maximum absolute atomic E-state index is 12.0. The van der Waals surface area contributed by atoms with Gasteiger partial charge in [-0.3, -0.25) is 9.59 Å². The fourth-order valence-electron chi connectivity index (χ4n) is 2.71. The standard InChI is InChI=1S/C17H16N4O2/c18-11-12-3-1-5-14(9-12)17(23)19-7-8-21-16(22)10-13-4-2-6-15(13)20-21/h1,3,5,9-10H,2,4,6-8H2,(H,19,23). The van der Waals surface area contributed by atoms with Gasteiger partial charge in [0.2, 0.25) is 0 Å². The van der Waals surface area contributed by atoms with Crippen LogP contribution in [0.3, 0.4) is 0 Å². The van der Waals surface area contributed by atoms with Crippen LogP contribution in [0.4, 0.5) is 0 Å². The smallest absolute Gasteiger partial charge is 0.267 e. The zero-order valence-electron chi connectivity index (χ0n) is 12.6. The van der Waals surface area contributed by atoms with E-state index in [4.69, 9.17) is 5.26 Å². The van der Waals surface area contributed by atoms with Gasteiger partial charge in [-0.2, -0.15) is 10.4 Å². The molecule has 1 aromatic carbocycles. The number of nitriles is 1. The number of nitrogens with zero attached hydrogens (tertiary/aromatic N) is 3. The molecule has 1 N–H and O–H groups in total. The summed E-state index contributed by atoms with van der Waals surface area (Å²) in [6.07, 6.45) is 2.87. The third kappa shape index (κ3) is 3.29. The van der Waals surface area contributed by atoms with Gasteiger partial charge in [0.1, 0.15) is 0 Å². The molecule has 0 saturated heterocycles. The van der Waals surface area contributed by atoms with Crippen molar-refractivity contribution in [1.82, 2.24) is 15.1 Å². The minimum atomic E-state index is -0.267. The quantitative estimate of drug-likeness (QED) is 0.914. The summed E-state index contributed by atoms with van der Waals surface area (Å²) < 4.78 is 1.40. The Balaban J connectivity index is 1.62. The molecule has 2 aromatic rings. The molecule has 1 aliphatic carbocycles. The second-order valence-electron chi connectivity index (χ2n) is 5.48. The molecule has 6 heteroatoms. The first-order valence-corrected chi connectivity index (χ1v) is 7.55. The highest BCUT2D eigenvalue weighted by Crippen LogP contribution is 2.16. The summed E-state index contributed by atoms with van der Waals surface area (Å²) in [5.41, 5.74) is 2.76. The topological polar surface area (TPSA) is 87.8 Å². The molecule has 0 saturated carbocycles. The normalized spacial score (nSPS) is 12.5. The summed E-state index contributed by atoms with van der Waals surface area (Å²) in [5, 5.41) is 16.0. The summed E-state index contributed by atoms with van der Waals surface area (Å²) in [5.74, 6) is -0.267. The van der Waals surface area contributed by atoms with E-state index in [1.807, 2.05) is 6.07 Å². The lowest BCUT2D eigenvalue weighted by atomic mass is 10.1. The van der Waals surface area contributed by atoms with Crippen molar-refractivity contribution in [2.45, 2.75) is 25.8 Å². The Bertz CT molecular complexity index is 848. The van der Waals surface area contributed by atoms with Crippen LogP contribution in [0.2, 0.25) is 0 Å². The van der Waals surface area contributed by atoms with Crippen LogP contribution in [0.5, 0.6) is 0 Å². The lowest BCUT2D eigenvalue weighted by Crippen LogP contribution is -2.32. The van der Waals surface area contributed by atoms with Crippen LogP contribution >= 0.6 is 0 Å². The number of amides is 1. The predicted octanol–water partition coefficient (Wildman–Crippen LogP) is 1.03. The van der Waals surface area contributed by atoms with Gasteiger partial charge in [0, 0.05) is 18.2 Å². The molecule has 3 rings (SSSR count). The Morgan fingerprint density at radius 1 is 1.35 bits per heavy atom. The molecule has 0 radical (unpaired) electrons. The van der Waals surface area contributed by atoms with Gasteiger partial charge in [-0.1, -0.05) is 6.07 Å². The monoisotopic (exact) mass is 308 g/mol. The molecule has 0 fully saturated rings. The number of hydrogen-bond donors (Lipinski definition) is 1. The van der Waals surface area contributed by atoms with Crippen LogP contribution in [-0.2, 0) is 19.4 Å². The first kappa shape index (κ1) is 15.0. The number of benzene rings is 1. The van der Waals surface area contributed by atoms with Gasteiger partial charge >= 0.3 is 0 Å². The number of nitrogens with one attached hydrogen (secondary N) is 1. The van der Waals surface area contributed by atoms with Crippen LogP contribution in [-0.4, -0.2) is 22.2 Å². The minimum absolute atomic E-state index is 0.133. The fraction of sp³-hybridized carbons (Fsp3) is 0.294. The largest absolute Gasteiger partial charge is 0.350 e. The number of carbonyl (C=O) groups excluding carboxylic acids is 1. The molecule has 116 valence electrons. The van der Waals surface area contributed by atoms with E-state index >= 15 is 0 Å².